The van der Waals surface area contributed by atoms with Gasteiger partial charge in [0.1, 0.15) is 5.82 Å². The van der Waals surface area contributed by atoms with Crippen molar-refractivity contribution >= 4 is 11.4 Å². The Labute approximate surface area is 150 Å². The van der Waals surface area contributed by atoms with E-state index in [2.05, 4.69) is 9.88 Å². The Bertz CT molecular complexity index is 781. The summed E-state index contributed by atoms with van der Waals surface area (Å²) in [6.45, 7) is 1.73. The molecule has 3 N–H and O–H groups in total. The fourth-order valence-electron chi connectivity index (χ4n) is 4.38. The Morgan fingerprint density at radius 1 is 1.35 bits per heavy atom. The monoisotopic (exact) mass is 365 g/mol. The molecule has 4 aliphatic rings. The van der Waals surface area contributed by atoms with Gasteiger partial charge in [-0.2, -0.15) is 13.2 Å². The summed E-state index contributed by atoms with van der Waals surface area (Å²) >= 11 is 0. The Morgan fingerprint density at radius 3 is 2.58 bits per heavy atom. The van der Waals surface area contributed by atoms with Crippen molar-refractivity contribution in [3.8, 4) is 0 Å². The highest BCUT2D eigenvalue weighted by Gasteiger charge is 2.60. The van der Waals surface area contributed by atoms with E-state index in [0.29, 0.717) is 18.4 Å². The molecule has 0 spiro atoms. The molecule has 1 atom stereocenters. The number of nitrogens with two attached hydrogens (primary N) is 1. The number of rotatable bonds is 3. The zero-order chi connectivity index (χ0) is 18.7. The van der Waals surface area contributed by atoms with Crippen molar-refractivity contribution in [1.29, 1.82) is 0 Å². The van der Waals surface area contributed by atoms with Crippen LogP contribution in [-0.4, -0.2) is 26.6 Å². The van der Waals surface area contributed by atoms with Crippen LogP contribution in [0.15, 0.2) is 30.2 Å². The maximum atomic E-state index is 13.2. The molecule has 1 aromatic heterocycles. The average Bonchev–Trinajstić information content (AvgIpc) is 2.66. The third kappa shape index (κ3) is 2.69. The Morgan fingerprint density at radius 2 is 2.04 bits per heavy atom. The molecule has 4 nitrogen and oxygen atoms in total. The summed E-state index contributed by atoms with van der Waals surface area (Å²) in [6.07, 6.45) is 4.67. The van der Waals surface area contributed by atoms with Gasteiger partial charge in [0.15, 0.2) is 0 Å². The maximum absolute atomic E-state index is 13.2. The van der Waals surface area contributed by atoms with Gasteiger partial charge in [0, 0.05) is 23.6 Å². The highest BCUT2D eigenvalue weighted by molar-refractivity contribution is 5.68. The van der Waals surface area contributed by atoms with Crippen molar-refractivity contribution in [2.24, 2.45) is 5.92 Å². The van der Waals surface area contributed by atoms with Gasteiger partial charge >= 0.3 is 6.18 Å². The number of allylic oxidation sites excluding steroid dienone is 2. The van der Waals surface area contributed by atoms with E-state index < -0.39 is 23.7 Å². The minimum Gasteiger partial charge on any atom is -0.387 e. The summed E-state index contributed by atoms with van der Waals surface area (Å²) in [5, 5.41) is 10.2. The zero-order valence-corrected chi connectivity index (χ0v) is 14.6. The molecule has 0 unspecified atom stereocenters. The lowest BCUT2D eigenvalue weighted by Gasteiger charge is -2.67. The van der Waals surface area contributed by atoms with Crippen LogP contribution in [0.5, 0.6) is 0 Å². The van der Waals surface area contributed by atoms with Crippen LogP contribution >= 0.6 is 0 Å². The first-order valence-corrected chi connectivity index (χ1v) is 8.91. The lowest BCUT2D eigenvalue weighted by Crippen LogP contribution is -2.66. The van der Waals surface area contributed by atoms with Crippen molar-refractivity contribution in [3.05, 3.63) is 41.4 Å². The summed E-state index contributed by atoms with van der Waals surface area (Å²) in [6, 6.07) is 1.09. The quantitative estimate of drug-likeness (QED) is 0.852. The van der Waals surface area contributed by atoms with E-state index in [1.165, 1.54) is 6.20 Å². The van der Waals surface area contributed by atoms with E-state index in [1.54, 1.807) is 6.92 Å². The normalized spacial score (nSPS) is 29.1. The molecular weight excluding hydrogens is 343 g/mol. The number of nitrogens with zero attached hydrogens (tertiary/aromatic N) is 2. The summed E-state index contributed by atoms with van der Waals surface area (Å²) < 4.78 is 39.6. The van der Waals surface area contributed by atoms with Gasteiger partial charge in [0.05, 0.1) is 11.7 Å². The van der Waals surface area contributed by atoms with Crippen LogP contribution in [0.4, 0.5) is 19.0 Å². The summed E-state index contributed by atoms with van der Waals surface area (Å²) in [7, 11) is 0. The van der Waals surface area contributed by atoms with Crippen LogP contribution in [0.3, 0.4) is 0 Å². The van der Waals surface area contributed by atoms with Gasteiger partial charge in [-0.1, -0.05) is 6.08 Å². The summed E-state index contributed by atoms with van der Waals surface area (Å²) in [5.41, 5.74) is 6.62. The van der Waals surface area contributed by atoms with Crippen molar-refractivity contribution < 1.29 is 18.3 Å². The first-order chi connectivity index (χ1) is 12.2. The molecule has 3 aliphatic carbocycles. The van der Waals surface area contributed by atoms with Gasteiger partial charge in [-0.15, -0.1) is 0 Å². The fraction of sp³-hybridized carbons (Fsp3) is 0.526. The minimum atomic E-state index is -4.53. The second kappa shape index (κ2) is 5.74. The molecule has 0 amide bonds. The summed E-state index contributed by atoms with van der Waals surface area (Å²) in [4.78, 5) is 5.88. The molecule has 0 saturated heterocycles. The molecule has 2 heterocycles. The molecule has 1 aromatic rings. The van der Waals surface area contributed by atoms with E-state index in [-0.39, 0.29) is 5.54 Å². The van der Waals surface area contributed by atoms with Crippen molar-refractivity contribution in [2.45, 2.75) is 56.8 Å². The molecule has 26 heavy (non-hydrogen) atoms. The smallest absolute Gasteiger partial charge is 0.387 e. The number of aliphatic hydroxyl groups excluding tert-OH is 1. The van der Waals surface area contributed by atoms with Crippen LogP contribution in [0.2, 0.25) is 0 Å². The van der Waals surface area contributed by atoms with E-state index in [1.807, 2.05) is 12.3 Å². The summed E-state index contributed by atoms with van der Waals surface area (Å²) in [5.74, 6) is 0.245. The molecule has 140 valence electrons. The molecule has 0 radical (unpaired) electrons. The Kier molecular flexibility index (Phi) is 3.84. The lowest BCUT2D eigenvalue weighted by molar-refractivity contribution is -0.137. The third-order valence-electron chi connectivity index (χ3n) is 5.87. The molecule has 3 fully saturated rings. The van der Waals surface area contributed by atoms with Crippen molar-refractivity contribution in [2.75, 3.05) is 5.73 Å². The molecule has 5 rings (SSSR count). The molecule has 2 bridgehead atoms. The largest absolute Gasteiger partial charge is 0.419 e. The number of aliphatic hydroxyl groups is 1. The highest BCUT2D eigenvalue weighted by Crippen LogP contribution is 2.62. The Hall–Kier alpha value is -2.02. The number of alkyl halides is 3. The van der Waals surface area contributed by atoms with E-state index in [0.717, 1.165) is 42.5 Å². The molecule has 0 aromatic carbocycles. The Balaban J connectivity index is 1.74. The average molecular weight is 365 g/mol. The van der Waals surface area contributed by atoms with Gasteiger partial charge in [-0.25, -0.2) is 4.98 Å². The topological polar surface area (TPSA) is 62.4 Å². The van der Waals surface area contributed by atoms with Crippen LogP contribution in [0, 0.1) is 5.92 Å². The number of halogens is 3. The maximum Gasteiger partial charge on any atom is 0.419 e. The molecule has 7 heteroatoms. The second-order valence-corrected chi connectivity index (χ2v) is 7.73. The first kappa shape index (κ1) is 17.4. The molecule has 1 aliphatic heterocycles. The van der Waals surface area contributed by atoms with Crippen LogP contribution < -0.4 is 5.73 Å². The number of anilines is 1. The number of pyridine rings is 1. The van der Waals surface area contributed by atoms with Gasteiger partial charge in [0.25, 0.3) is 0 Å². The number of hydrogen-bond donors (Lipinski definition) is 2. The SMILES string of the molecule is C[C@H](O)C1=CCCC(c2cnc(N)c(C(F)(F)F)c2)=CN1C12CC(C1)C2. The molecule has 3 saturated carbocycles. The van der Waals surface area contributed by atoms with Gasteiger partial charge < -0.3 is 15.7 Å². The third-order valence-corrected chi connectivity index (χ3v) is 5.87. The van der Waals surface area contributed by atoms with E-state index in [4.69, 9.17) is 5.73 Å². The van der Waals surface area contributed by atoms with Gasteiger partial charge in [-0.3, -0.25) is 0 Å². The van der Waals surface area contributed by atoms with E-state index >= 15 is 0 Å². The van der Waals surface area contributed by atoms with Crippen molar-refractivity contribution in [1.82, 2.24) is 9.88 Å². The highest BCUT2D eigenvalue weighted by atomic mass is 19.4. The molecular formula is C19H22F3N3O. The minimum absolute atomic E-state index is 0.0250. The van der Waals surface area contributed by atoms with Crippen LogP contribution in [0.1, 0.15) is 50.2 Å². The van der Waals surface area contributed by atoms with Crippen LogP contribution in [0.25, 0.3) is 5.57 Å². The first-order valence-electron chi connectivity index (χ1n) is 8.91. The van der Waals surface area contributed by atoms with Gasteiger partial charge in [0.2, 0.25) is 0 Å². The lowest BCUT2D eigenvalue weighted by atomic mass is 9.49. The predicted molar refractivity (Wildman–Crippen MR) is 92.5 cm³/mol. The zero-order valence-electron chi connectivity index (χ0n) is 14.6. The second-order valence-electron chi connectivity index (χ2n) is 7.73. The number of hydrogen-bond acceptors (Lipinski definition) is 4. The number of nitrogen functional groups attached to an aromatic ring is 1. The predicted octanol–water partition coefficient (Wildman–Crippen LogP) is 3.94. The van der Waals surface area contributed by atoms with Crippen LogP contribution in [-0.2, 0) is 6.18 Å². The van der Waals surface area contributed by atoms with E-state index in [9.17, 15) is 18.3 Å². The van der Waals surface area contributed by atoms with Crippen molar-refractivity contribution in [3.63, 3.8) is 0 Å². The standard InChI is InChI=1S/C19H22F3N3O/c1-11(26)16-4-2-3-13(10-25(16)18-6-12(7-18)8-18)14-5-15(19(20,21)22)17(23)24-9-14/h4-5,9-12,26H,2-3,6-8H2,1H3,(H2,23,24)/t11-,12?,18?/m0/s1. The number of aromatic nitrogens is 1. The van der Waals surface area contributed by atoms with Gasteiger partial charge in [-0.05, 0) is 62.1 Å². The fourth-order valence-corrected chi connectivity index (χ4v) is 4.38.